The van der Waals surface area contributed by atoms with Gasteiger partial charge in [-0.2, -0.15) is 0 Å². The van der Waals surface area contributed by atoms with Crippen molar-refractivity contribution in [2.75, 3.05) is 0 Å². The standard InChI is InChI=1S/C40H30N2/c1-27-19-21-28(22-20-27)38-32-13-5-7-15-34(32)39(35-16-8-6-14-33(35)38)29-23-25-30(26-24-29)40-41-36-17-9-10-18-37(36)42(40)31-11-3-2-4-12-31/h2-13,15-26,33H,14H2,1H3. The first-order valence-corrected chi connectivity index (χ1v) is 14.7. The molecule has 1 atom stereocenters. The molecule has 42 heavy (non-hydrogen) atoms. The van der Waals surface area contributed by atoms with Crippen LogP contribution >= 0.6 is 0 Å². The van der Waals surface area contributed by atoms with Gasteiger partial charge < -0.3 is 0 Å². The molecule has 2 aliphatic carbocycles. The Morgan fingerprint density at radius 2 is 1.31 bits per heavy atom. The Morgan fingerprint density at radius 3 is 2.12 bits per heavy atom. The maximum Gasteiger partial charge on any atom is 0.145 e. The van der Waals surface area contributed by atoms with Crippen LogP contribution in [0.1, 0.15) is 23.1 Å². The van der Waals surface area contributed by atoms with Crippen LogP contribution in [-0.2, 0) is 0 Å². The quantitative estimate of drug-likeness (QED) is 0.223. The number of aryl methyl sites for hydroxylation is 1. The lowest BCUT2D eigenvalue weighted by Crippen LogP contribution is -2.37. The van der Waals surface area contributed by atoms with Crippen molar-refractivity contribution in [2.45, 2.75) is 13.3 Å². The van der Waals surface area contributed by atoms with E-state index in [1.165, 1.54) is 43.8 Å². The SMILES string of the molecule is Cc1ccc(C2=c3ccccc3=C(c3ccc(-c4nc5ccccc5n4-c4ccccc4)cc3)C3=CC=CCC32)cc1. The average Bonchev–Trinajstić information content (AvgIpc) is 3.44. The Morgan fingerprint density at radius 1 is 0.643 bits per heavy atom. The first-order valence-electron chi connectivity index (χ1n) is 14.7. The second-order valence-corrected chi connectivity index (χ2v) is 11.2. The molecule has 0 saturated carbocycles. The largest absolute Gasteiger partial charge is 0.292 e. The molecule has 2 aliphatic rings. The lowest BCUT2D eigenvalue weighted by Gasteiger charge is -2.31. The second kappa shape index (κ2) is 10.0. The third-order valence-electron chi connectivity index (χ3n) is 8.65. The first kappa shape index (κ1) is 24.6. The average molecular weight is 539 g/mol. The molecule has 0 saturated heterocycles. The third kappa shape index (κ3) is 3.99. The van der Waals surface area contributed by atoms with Gasteiger partial charge in [0.15, 0.2) is 0 Å². The van der Waals surface area contributed by atoms with Crippen molar-refractivity contribution in [1.29, 1.82) is 0 Å². The van der Waals surface area contributed by atoms with Crippen LogP contribution in [0.25, 0.3) is 39.3 Å². The Bertz CT molecular complexity index is 2140. The number of nitrogens with zero attached hydrogens (tertiary/aromatic N) is 2. The van der Waals surface area contributed by atoms with Crippen molar-refractivity contribution in [1.82, 2.24) is 9.55 Å². The van der Waals surface area contributed by atoms with E-state index in [0.717, 1.165) is 34.5 Å². The molecule has 0 radical (unpaired) electrons. The summed E-state index contributed by atoms with van der Waals surface area (Å²) in [5.74, 6) is 1.28. The summed E-state index contributed by atoms with van der Waals surface area (Å²) in [6.45, 7) is 2.16. The Balaban J connectivity index is 1.33. The lowest BCUT2D eigenvalue weighted by molar-refractivity contribution is 0.797. The molecule has 0 spiro atoms. The van der Waals surface area contributed by atoms with E-state index < -0.39 is 0 Å². The van der Waals surface area contributed by atoms with Gasteiger partial charge in [-0.25, -0.2) is 4.98 Å². The van der Waals surface area contributed by atoms with Gasteiger partial charge in [0.25, 0.3) is 0 Å². The summed E-state index contributed by atoms with van der Waals surface area (Å²) >= 11 is 0. The number of hydrogen-bond acceptors (Lipinski definition) is 1. The van der Waals surface area contributed by atoms with Gasteiger partial charge in [-0.3, -0.25) is 4.57 Å². The van der Waals surface area contributed by atoms with Crippen LogP contribution in [0, 0.1) is 12.8 Å². The summed E-state index contributed by atoms with van der Waals surface area (Å²) < 4.78 is 2.26. The van der Waals surface area contributed by atoms with Crippen molar-refractivity contribution in [2.24, 2.45) is 5.92 Å². The van der Waals surface area contributed by atoms with Crippen LogP contribution in [-0.4, -0.2) is 9.55 Å². The molecule has 0 bridgehead atoms. The molecule has 5 aromatic carbocycles. The molecule has 0 N–H and O–H groups in total. The van der Waals surface area contributed by atoms with Crippen LogP contribution in [0.3, 0.4) is 0 Å². The zero-order chi connectivity index (χ0) is 28.0. The van der Waals surface area contributed by atoms with E-state index in [4.69, 9.17) is 4.98 Å². The van der Waals surface area contributed by atoms with Crippen LogP contribution in [0.4, 0.5) is 0 Å². The molecule has 1 unspecified atom stereocenters. The van der Waals surface area contributed by atoms with Crippen LogP contribution in [0.15, 0.2) is 151 Å². The summed E-state index contributed by atoms with van der Waals surface area (Å²) in [6.07, 6.45) is 7.87. The number of fused-ring (bicyclic) bond motifs is 3. The van der Waals surface area contributed by atoms with Gasteiger partial charge in [-0.15, -0.1) is 0 Å². The van der Waals surface area contributed by atoms with Crippen LogP contribution < -0.4 is 10.4 Å². The van der Waals surface area contributed by atoms with Crippen LogP contribution in [0.2, 0.25) is 0 Å². The Kier molecular flexibility index (Phi) is 5.86. The maximum atomic E-state index is 5.08. The molecule has 2 heteroatoms. The summed E-state index contributed by atoms with van der Waals surface area (Å²) in [6, 6.07) is 45.9. The van der Waals surface area contributed by atoms with Gasteiger partial charge in [-0.1, -0.05) is 127 Å². The Labute approximate surface area is 245 Å². The van der Waals surface area contributed by atoms with Crippen molar-refractivity contribution in [3.05, 3.63) is 178 Å². The topological polar surface area (TPSA) is 17.8 Å². The molecule has 1 aromatic heterocycles. The van der Waals surface area contributed by atoms with Crippen molar-refractivity contribution in [3.8, 4) is 17.1 Å². The van der Waals surface area contributed by atoms with Gasteiger partial charge in [0.05, 0.1) is 11.0 Å². The fourth-order valence-electron chi connectivity index (χ4n) is 6.70. The van der Waals surface area contributed by atoms with Gasteiger partial charge in [0.1, 0.15) is 5.82 Å². The number of benzene rings is 5. The molecule has 8 rings (SSSR count). The molecular formula is C40H30N2. The molecule has 0 fully saturated rings. The minimum atomic E-state index is 0.324. The highest BCUT2D eigenvalue weighted by Gasteiger charge is 2.29. The molecule has 200 valence electrons. The Hall–Kier alpha value is -5.21. The normalized spacial score (nSPS) is 15.8. The van der Waals surface area contributed by atoms with Crippen molar-refractivity contribution >= 4 is 22.2 Å². The fourth-order valence-corrected chi connectivity index (χ4v) is 6.70. The minimum Gasteiger partial charge on any atom is -0.292 e. The fraction of sp³-hybridized carbons (Fsp3) is 0.0750. The smallest absolute Gasteiger partial charge is 0.145 e. The van der Waals surface area contributed by atoms with E-state index in [9.17, 15) is 0 Å². The second-order valence-electron chi connectivity index (χ2n) is 11.2. The van der Waals surface area contributed by atoms with E-state index in [1.54, 1.807) is 0 Å². The van der Waals surface area contributed by atoms with E-state index in [0.29, 0.717) is 5.92 Å². The molecular weight excluding hydrogens is 508 g/mol. The van der Waals surface area contributed by atoms with Gasteiger partial charge >= 0.3 is 0 Å². The zero-order valence-electron chi connectivity index (χ0n) is 23.5. The molecule has 0 amide bonds. The predicted octanol–water partition coefficient (Wildman–Crippen LogP) is 7.92. The summed E-state index contributed by atoms with van der Waals surface area (Å²) in [7, 11) is 0. The number of imidazole rings is 1. The number of allylic oxidation sites excluding steroid dienone is 4. The summed E-state index contributed by atoms with van der Waals surface area (Å²) in [4.78, 5) is 5.08. The van der Waals surface area contributed by atoms with E-state index >= 15 is 0 Å². The minimum absolute atomic E-state index is 0.324. The highest BCUT2D eigenvalue weighted by atomic mass is 15.1. The summed E-state index contributed by atoms with van der Waals surface area (Å²) in [5.41, 5.74) is 12.3. The first-order chi connectivity index (χ1) is 20.8. The zero-order valence-corrected chi connectivity index (χ0v) is 23.5. The van der Waals surface area contributed by atoms with E-state index in [-0.39, 0.29) is 0 Å². The molecule has 1 heterocycles. The highest BCUT2D eigenvalue weighted by molar-refractivity contribution is 5.89. The number of para-hydroxylation sites is 3. The molecule has 0 aliphatic heterocycles. The van der Waals surface area contributed by atoms with Crippen molar-refractivity contribution < 1.29 is 0 Å². The number of rotatable bonds is 4. The van der Waals surface area contributed by atoms with Crippen molar-refractivity contribution in [3.63, 3.8) is 0 Å². The lowest BCUT2D eigenvalue weighted by atomic mass is 9.72. The van der Waals surface area contributed by atoms with Crippen LogP contribution in [0.5, 0.6) is 0 Å². The monoisotopic (exact) mass is 538 g/mol. The van der Waals surface area contributed by atoms with Gasteiger partial charge in [-0.05, 0) is 75.9 Å². The van der Waals surface area contributed by atoms with Gasteiger partial charge in [0.2, 0.25) is 0 Å². The van der Waals surface area contributed by atoms with E-state index in [2.05, 4.69) is 157 Å². The summed E-state index contributed by atoms with van der Waals surface area (Å²) in [5, 5.41) is 2.64. The van der Waals surface area contributed by atoms with E-state index in [1.807, 2.05) is 0 Å². The number of aromatic nitrogens is 2. The number of hydrogen-bond donors (Lipinski definition) is 0. The highest BCUT2D eigenvalue weighted by Crippen LogP contribution is 2.40. The van der Waals surface area contributed by atoms with Gasteiger partial charge in [0, 0.05) is 17.2 Å². The third-order valence-corrected chi connectivity index (χ3v) is 8.65. The maximum absolute atomic E-state index is 5.08. The molecule has 6 aromatic rings. The predicted molar refractivity (Wildman–Crippen MR) is 174 cm³/mol. The molecule has 2 nitrogen and oxygen atoms in total.